The summed E-state index contributed by atoms with van der Waals surface area (Å²) in [6, 6.07) is 2.30. The highest BCUT2D eigenvalue weighted by molar-refractivity contribution is 6.36. The van der Waals surface area contributed by atoms with E-state index in [2.05, 4.69) is 15.2 Å². The molecule has 2 amide bonds. The Morgan fingerprint density at radius 3 is 2.86 bits per heavy atom. The number of amides is 2. The van der Waals surface area contributed by atoms with Gasteiger partial charge in [0.25, 0.3) is 0 Å². The number of carbonyl (C=O) groups excluding carboxylic acids is 1. The molecule has 0 saturated carbocycles. The normalized spacial score (nSPS) is 25.3. The molecule has 0 aliphatic carbocycles. The fourth-order valence-electron chi connectivity index (χ4n) is 3.25. The minimum atomic E-state index is 0.0250. The Labute approximate surface area is 134 Å². The molecule has 2 aliphatic rings. The van der Waals surface area contributed by atoms with Gasteiger partial charge in [-0.25, -0.2) is 9.78 Å². The van der Waals surface area contributed by atoms with E-state index in [9.17, 15) is 4.79 Å². The lowest BCUT2D eigenvalue weighted by Gasteiger charge is -2.38. The van der Waals surface area contributed by atoms with E-state index in [0.717, 1.165) is 18.8 Å². The molecule has 2 aliphatic heterocycles. The number of piperidine rings is 1. The van der Waals surface area contributed by atoms with Crippen LogP contribution in [0.5, 0.6) is 0 Å². The fourth-order valence-corrected chi connectivity index (χ4v) is 3.75. The molecule has 1 aromatic rings. The molecule has 2 atom stereocenters. The number of anilines is 1. The molecule has 1 aromatic heterocycles. The van der Waals surface area contributed by atoms with Gasteiger partial charge in [0.15, 0.2) is 0 Å². The Kier molecular flexibility index (Phi) is 3.88. The monoisotopic (exact) mass is 328 g/mol. The number of pyridine rings is 1. The maximum Gasteiger partial charge on any atom is 0.318 e. The molecule has 0 unspecified atom stereocenters. The molecule has 3 heterocycles. The summed E-state index contributed by atoms with van der Waals surface area (Å²) in [4.78, 5) is 20.5. The van der Waals surface area contributed by atoms with Gasteiger partial charge < -0.3 is 15.1 Å². The molecule has 1 N–H and O–H groups in total. The zero-order valence-corrected chi connectivity index (χ0v) is 13.5. The van der Waals surface area contributed by atoms with E-state index in [4.69, 9.17) is 23.2 Å². The number of aromatic nitrogens is 1. The van der Waals surface area contributed by atoms with Gasteiger partial charge >= 0.3 is 6.03 Å². The van der Waals surface area contributed by atoms with Crippen molar-refractivity contribution in [1.82, 2.24) is 15.2 Å². The van der Waals surface area contributed by atoms with Crippen LogP contribution in [0.25, 0.3) is 0 Å². The predicted octanol–water partition coefficient (Wildman–Crippen LogP) is 2.77. The van der Waals surface area contributed by atoms with Gasteiger partial charge in [0.1, 0.15) is 5.82 Å². The third kappa shape index (κ3) is 2.64. The molecule has 5 nitrogen and oxygen atoms in total. The Hall–Kier alpha value is -1.20. The standard InChI is InChI=1S/C14H18Cl2N4O/c1-8(2)20-12-3-4-19(7-11(12)18-14(20)21)13-10(16)5-9(15)6-17-13/h5-6,8,11-12H,3-4,7H2,1-2H3,(H,18,21)/t11-,12+/m1/s1. The lowest BCUT2D eigenvalue weighted by Crippen LogP contribution is -2.52. The Balaban J connectivity index is 1.78. The number of nitrogens with one attached hydrogen (secondary N) is 1. The summed E-state index contributed by atoms with van der Waals surface area (Å²) in [5.74, 6) is 0.733. The fraction of sp³-hybridized carbons (Fsp3) is 0.571. The number of fused-ring (bicyclic) bond motifs is 1. The molecular formula is C14H18Cl2N4O. The first-order valence-electron chi connectivity index (χ1n) is 7.12. The molecule has 21 heavy (non-hydrogen) atoms. The summed E-state index contributed by atoms with van der Waals surface area (Å²) in [7, 11) is 0. The largest absolute Gasteiger partial charge is 0.353 e. The first-order chi connectivity index (χ1) is 9.97. The number of carbonyl (C=O) groups is 1. The zero-order chi connectivity index (χ0) is 15.1. The zero-order valence-electron chi connectivity index (χ0n) is 12.0. The number of urea groups is 1. The van der Waals surface area contributed by atoms with Crippen molar-refractivity contribution >= 4 is 35.1 Å². The highest BCUT2D eigenvalue weighted by Gasteiger charge is 2.43. The van der Waals surface area contributed by atoms with Crippen molar-refractivity contribution in [3.63, 3.8) is 0 Å². The number of hydrogen-bond acceptors (Lipinski definition) is 3. The quantitative estimate of drug-likeness (QED) is 0.908. The van der Waals surface area contributed by atoms with Gasteiger partial charge in [-0.15, -0.1) is 0 Å². The van der Waals surface area contributed by atoms with Gasteiger partial charge in [-0.2, -0.15) is 0 Å². The SMILES string of the molecule is CC(C)N1C(=O)N[C@@H]2CN(c3ncc(Cl)cc3Cl)CC[C@@H]21. The van der Waals surface area contributed by atoms with Gasteiger partial charge in [0.05, 0.1) is 22.1 Å². The third-order valence-corrected chi connectivity index (χ3v) is 4.61. The van der Waals surface area contributed by atoms with Crippen LogP contribution >= 0.6 is 23.2 Å². The molecule has 0 bridgehead atoms. The first kappa shape index (κ1) is 14.7. The molecule has 114 valence electrons. The van der Waals surface area contributed by atoms with Crippen LogP contribution in [-0.2, 0) is 0 Å². The molecule has 0 spiro atoms. The average Bonchev–Trinajstić information content (AvgIpc) is 2.73. The molecule has 3 rings (SSSR count). The van der Waals surface area contributed by atoms with E-state index in [-0.39, 0.29) is 24.2 Å². The molecule has 2 fully saturated rings. The molecule has 0 radical (unpaired) electrons. The number of hydrogen-bond donors (Lipinski definition) is 1. The van der Waals surface area contributed by atoms with Crippen molar-refractivity contribution in [1.29, 1.82) is 0 Å². The number of rotatable bonds is 2. The first-order valence-corrected chi connectivity index (χ1v) is 7.88. The van der Waals surface area contributed by atoms with Crippen LogP contribution in [0.1, 0.15) is 20.3 Å². The van der Waals surface area contributed by atoms with Crippen molar-refractivity contribution in [2.45, 2.75) is 38.4 Å². The van der Waals surface area contributed by atoms with Gasteiger partial charge in [-0.1, -0.05) is 23.2 Å². The second-order valence-electron chi connectivity index (χ2n) is 5.82. The summed E-state index contributed by atoms with van der Waals surface area (Å²) < 4.78 is 0. The summed E-state index contributed by atoms with van der Waals surface area (Å²) in [5.41, 5.74) is 0. The van der Waals surface area contributed by atoms with Gasteiger partial charge in [0.2, 0.25) is 0 Å². The van der Waals surface area contributed by atoms with Crippen LogP contribution in [0.2, 0.25) is 10.0 Å². The van der Waals surface area contributed by atoms with Gasteiger partial charge in [-0.05, 0) is 26.3 Å². The Morgan fingerprint density at radius 1 is 1.43 bits per heavy atom. The van der Waals surface area contributed by atoms with E-state index >= 15 is 0 Å². The van der Waals surface area contributed by atoms with Crippen LogP contribution in [0.4, 0.5) is 10.6 Å². The van der Waals surface area contributed by atoms with E-state index in [1.165, 1.54) is 0 Å². The van der Waals surface area contributed by atoms with Crippen molar-refractivity contribution in [3.8, 4) is 0 Å². The van der Waals surface area contributed by atoms with Gasteiger partial charge in [0, 0.05) is 25.3 Å². The van der Waals surface area contributed by atoms with Crippen molar-refractivity contribution in [3.05, 3.63) is 22.3 Å². The molecule has 2 saturated heterocycles. The van der Waals surface area contributed by atoms with Crippen LogP contribution in [0, 0.1) is 0 Å². The molecule has 7 heteroatoms. The highest BCUT2D eigenvalue weighted by Crippen LogP contribution is 2.31. The second-order valence-corrected chi connectivity index (χ2v) is 6.66. The Bertz CT molecular complexity index is 566. The van der Waals surface area contributed by atoms with E-state index < -0.39 is 0 Å². The minimum Gasteiger partial charge on any atom is -0.353 e. The lowest BCUT2D eigenvalue weighted by molar-refractivity contribution is 0.175. The van der Waals surface area contributed by atoms with Crippen LogP contribution < -0.4 is 10.2 Å². The van der Waals surface area contributed by atoms with Crippen molar-refractivity contribution in [2.24, 2.45) is 0 Å². The summed E-state index contributed by atoms with van der Waals surface area (Å²) in [6.45, 7) is 5.64. The number of halogens is 2. The van der Waals surface area contributed by atoms with Crippen LogP contribution in [-0.4, -0.2) is 47.1 Å². The number of nitrogens with zero attached hydrogens (tertiary/aromatic N) is 3. The average molecular weight is 329 g/mol. The summed E-state index contributed by atoms with van der Waals surface area (Å²) in [5, 5.41) is 4.14. The molecule has 0 aromatic carbocycles. The molecular weight excluding hydrogens is 311 g/mol. The Morgan fingerprint density at radius 2 is 2.19 bits per heavy atom. The maximum atomic E-state index is 12.1. The van der Waals surface area contributed by atoms with Crippen molar-refractivity contribution in [2.75, 3.05) is 18.0 Å². The van der Waals surface area contributed by atoms with Crippen molar-refractivity contribution < 1.29 is 4.79 Å². The topological polar surface area (TPSA) is 48.5 Å². The second kappa shape index (κ2) is 5.54. The lowest BCUT2D eigenvalue weighted by atomic mass is 9.99. The highest BCUT2D eigenvalue weighted by atomic mass is 35.5. The third-order valence-electron chi connectivity index (χ3n) is 4.12. The van der Waals surface area contributed by atoms with Gasteiger partial charge in [-0.3, -0.25) is 0 Å². The van der Waals surface area contributed by atoms with E-state index in [1.54, 1.807) is 12.3 Å². The van der Waals surface area contributed by atoms with E-state index in [1.807, 2.05) is 18.7 Å². The summed E-state index contributed by atoms with van der Waals surface area (Å²) >= 11 is 12.1. The maximum absolute atomic E-state index is 12.1. The smallest absolute Gasteiger partial charge is 0.318 e. The predicted molar refractivity (Wildman–Crippen MR) is 84.2 cm³/mol. The van der Waals surface area contributed by atoms with Crippen LogP contribution in [0.3, 0.4) is 0 Å². The summed E-state index contributed by atoms with van der Waals surface area (Å²) in [6.07, 6.45) is 2.50. The minimum absolute atomic E-state index is 0.0250. The van der Waals surface area contributed by atoms with Crippen LogP contribution in [0.15, 0.2) is 12.3 Å². The van der Waals surface area contributed by atoms with E-state index in [0.29, 0.717) is 16.6 Å².